The largest absolute Gasteiger partial charge is 0.364 e. The van der Waals surface area contributed by atoms with Crippen LogP contribution in [-0.2, 0) is 17.9 Å². The molecule has 1 amide bonds. The van der Waals surface area contributed by atoms with Gasteiger partial charge in [-0.1, -0.05) is 31.5 Å². The summed E-state index contributed by atoms with van der Waals surface area (Å²) in [5.41, 5.74) is 0.274. The topological polar surface area (TPSA) is 81.8 Å². The SMILES string of the molecule is CC.O=C(Cn1nnn(C2CC2)c1=O)NCc1ccc(F)c(Cl)c1. The van der Waals surface area contributed by atoms with Crippen molar-refractivity contribution in [3.8, 4) is 0 Å². The number of halogens is 2. The minimum Gasteiger partial charge on any atom is -0.350 e. The Morgan fingerprint density at radius 3 is 2.71 bits per heavy atom. The molecule has 0 radical (unpaired) electrons. The number of benzene rings is 1. The average molecular weight is 356 g/mol. The molecule has 0 bridgehead atoms. The van der Waals surface area contributed by atoms with E-state index in [0.717, 1.165) is 17.5 Å². The van der Waals surface area contributed by atoms with Crippen LogP contribution < -0.4 is 11.0 Å². The van der Waals surface area contributed by atoms with Gasteiger partial charge in [-0.15, -0.1) is 0 Å². The predicted octanol–water partition coefficient (Wildman–Crippen LogP) is 1.91. The van der Waals surface area contributed by atoms with E-state index in [4.69, 9.17) is 11.6 Å². The van der Waals surface area contributed by atoms with Crippen LogP contribution in [0.2, 0.25) is 5.02 Å². The number of carbonyl (C=O) groups excluding carboxylic acids is 1. The molecule has 1 N–H and O–H groups in total. The van der Waals surface area contributed by atoms with Gasteiger partial charge in [0.2, 0.25) is 5.91 Å². The first-order valence-electron chi connectivity index (χ1n) is 7.77. The summed E-state index contributed by atoms with van der Waals surface area (Å²) in [5.74, 6) is -0.898. The van der Waals surface area contributed by atoms with E-state index in [1.807, 2.05) is 13.8 Å². The van der Waals surface area contributed by atoms with Crippen molar-refractivity contribution in [2.45, 2.75) is 45.8 Å². The second-order valence-corrected chi connectivity index (χ2v) is 5.53. The Morgan fingerprint density at radius 1 is 1.38 bits per heavy atom. The number of tetrazole rings is 1. The molecule has 0 atom stereocenters. The number of hydrogen-bond donors (Lipinski definition) is 1. The maximum atomic E-state index is 13.0. The second kappa shape index (κ2) is 8.05. The number of rotatable bonds is 5. The molecule has 1 heterocycles. The van der Waals surface area contributed by atoms with Crippen LogP contribution >= 0.6 is 11.6 Å². The van der Waals surface area contributed by atoms with Crippen molar-refractivity contribution in [3.63, 3.8) is 0 Å². The zero-order valence-electron chi connectivity index (χ0n) is 13.5. The van der Waals surface area contributed by atoms with Crippen molar-refractivity contribution >= 4 is 17.5 Å². The molecule has 0 unspecified atom stereocenters. The summed E-state index contributed by atoms with van der Waals surface area (Å²) in [4.78, 5) is 23.7. The molecule has 130 valence electrons. The molecule has 1 aromatic heterocycles. The molecule has 0 aliphatic heterocycles. The average Bonchev–Trinajstić information content (AvgIpc) is 3.36. The van der Waals surface area contributed by atoms with E-state index in [-0.39, 0.29) is 35.8 Å². The molecule has 0 spiro atoms. The van der Waals surface area contributed by atoms with Crippen LogP contribution in [0.15, 0.2) is 23.0 Å². The number of aromatic nitrogens is 4. The summed E-state index contributed by atoms with van der Waals surface area (Å²) in [6, 6.07) is 4.31. The third-order valence-corrected chi connectivity index (χ3v) is 3.61. The minimum absolute atomic E-state index is 0.00431. The fraction of sp³-hybridized carbons (Fsp3) is 0.467. The van der Waals surface area contributed by atoms with E-state index in [1.54, 1.807) is 0 Å². The predicted molar refractivity (Wildman–Crippen MR) is 87.2 cm³/mol. The van der Waals surface area contributed by atoms with E-state index >= 15 is 0 Å². The molecular formula is C15H19ClFN5O2. The highest BCUT2D eigenvalue weighted by atomic mass is 35.5. The summed E-state index contributed by atoms with van der Waals surface area (Å²) in [7, 11) is 0. The molecular weight excluding hydrogens is 337 g/mol. The summed E-state index contributed by atoms with van der Waals surface area (Å²) in [6.45, 7) is 3.98. The highest BCUT2D eigenvalue weighted by Crippen LogP contribution is 2.32. The highest BCUT2D eigenvalue weighted by molar-refractivity contribution is 6.30. The van der Waals surface area contributed by atoms with Crippen LogP contribution in [0.25, 0.3) is 0 Å². The van der Waals surface area contributed by atoms with Gasteiger partial charge in [0, 0.05) is 6.54 Å². The van der Waals surface area contributed by atoms with E-state index in [0.29, 0.717) is 5.56 Å². The van der Waals surface area contributed by atoms with Crippen LogP contribution in [-0.4, -0.2) is 25.7 Å². The smallest absolute Gasteiger partial charge is 0.350 e. The monoisotopic (exact) mass is 355 g/mol. The van der Waals surface area contributed by atoms with E-state index in [2.05, 4.69) is 15.7 Å². The van der Waals surface area contributed by atoms with Gasteiger partial charge in [0.05, 0.1) is 11.1 Å². The number of nitrogens with one attached hydrogen (secondary N) is 1. The summed E-state index contributed by atoms with van der Waals surface area (Å²) < 4.78 is 15.3. The maximum Gasteiger partial charge on any atom is 0.364 e. The summed E-state index contributed by atoms with van der Waals surface area (Å²) in [6.07, 6.45) is 1.83. The molecule has 0 saturated heterocycles. The summed E-state index contributed by atoms with van der Waals surface area (Å²) >= 11 is 5.66. The highest BCUT2D eigenvalue weighted by Gasteiger charge is 2.28. The van der Waals surface area contributed by atoms with Crippen LogP contribution in [0.1, 0.15) is 38.3 Å². The van der Waals surface area contributed by atoms with Crippen molar-refractivity contribution in [2.75, 3.05) is 0 Å². The maximum absolute atomic E-state index is 13.0. The Kier molecular flexibility index (Phi) is 6.08. The first-order chi connectivity index (χ1) is 11.5. The third kappa shape index (κ3) is 4.41. The van der Waals surface area contributed by atoms with Gasteiger partial charge in [0.25, 0.3) is 0 Å². The molecule has 1 fully saturated rings. The fourth-order valence-corrected chi connectivity index (χ4v) is 2.18. The van der Waals surface area contributed by atoms with Gasteiger partial charge in [0.15, 0.2) is 0 Å². The van der Waals surface area contributed by atoms with Crippen molar-refractivity contribution in [3.05, 3.63) is 45.1 Å². The number of amides is 1. The number of carbonyl (C=O) groups is 1. The molecule has 1 aliphatic rings. The van der Waals surface area contributed by atoms with Gasteiger partial charge in [-0.25, -0.2) is 9.18 Å². The Labute approximate surface area is 143 Å². The molecule has 1 aromatic carbocycles. The number of nitrogens with zero attached hydrogens (tertiary/aromatic N) is 4. The molecule has 1 aliphatic carbocycles. The first kappa shape index (κ1) is 18.1. The standard InChI is InChI=1S/C13H13ClFN5O2.C2H6/c14-10-5-8(1-4-11(10)15)6-16-12(21)7-19-13(22)20(18-17-19)9-2-3-9;1-2/h1,4-5,9H,2-3,6-7H2,(H,16,21);1-2H3. The van der Waals surface area contributed by atoms with E-state index < -0.39 is 5.82 Å². The first-order valence-corrected chi connectivity index (χ1v) is 8.15. The van der Waals surface area contributed by atoms with Crippen molar-refractivity contribution in [2.24, 2.45) is 0 Å². The molecule has 2 aromatic rings. The van der Waals surface area contributed by atoms with Gasteiger partial charge in [0.1, 0.15) is 12.4 Å². The van der Waals surface area contributed by atoms with Gasteiger partial charge < -0.3 is 5.32 Å². The normalized spacial score (nSPS) is 13.2. The number of hydrogen-bond acceptors (Lipinski definition) is 4. The lowest BCUT2D eigenvalue weighted by molar-refractivity contribution is -0.122. The lowest BCUT2D eigenvalue weighted by Gasteiger charge is -2.05. The quantitative estimate of drug-likeness (QED) is 0.888. The Bertz CT molecular complexity index is 769. The van der Waals surface area contributed by atoms with Crippen molar-refractivity contribution in [1.29, 1.82) is 0 Å². The van der Waals surface area contributed by atoms with Gasteiger partial charge in [-0.05, 0) is 41.0 Å². The zero-order valence-corrected chi connectivity index (χ0v) is 14.3. The molecule has 24 heavy (non-hydrogen) atoms. The summed E-state index contributed by atoms with van der Waals surface area (Å²) in [5, 5.41) is 10.0. The second-order valence-electron chi connectivity index (χ2n) is 5.12. The lowest BCUT2D eigenvalue weighted by atomic mass is 10.2. The molecule has 9 heteroatoms. The van der Waals surface area contributed by atoms with Crippen LogP contribution in [0.4, 0.5) is 4.39 Å². The molecule has 7 nitrogen and oxygen atoms in total. The zero-order chi connectivity index (χ0) is 17.7. The fourth-order valence-electron chi connectivity index (χ4n) is 1.98. The van der Waals surface area contributed by atoms with E-state index in [1.165, 1.54) is 22.9 Å². The van der Waals surface area contributed by atoms with Crippen LogP contribution in [0, 0.1) is 5.82 Å². The lowest BCUT2D eigenvalue weighted by Crippen LogP contribution is -2.33. The Hall–Kier alpha value is -2.22. The van der Waals surface area contributed by atoms with Crippen molar-refractivity contribution < 1.29 is 9.18 Å². The molecule has 1 saturated carbocycles. The van der Waals surface area contributed by atoms with Crippen LogP contribution in [0.5, 0.6) is 0 Å². The van der Waals surface area contributed by atoms with Gasteiger partial charge in [-0.3, -0.25) is 4.79 Å². The third-order valence-electron chi connectivity index (χ3n) is 3.32. The Balaban J connectivity index is 0.00000100. The Morgan fingerprint density at radius 2 is 2.08 bits per heavy atom. The van der Waals surface area contributed by atoms with E-state index in [9.17, 15) is 14.0 Å². The van der Waals surface area contributed by atoms with Gasteiger partial charge in [-0.2, -0.15) is 9.36 Å². The minimum atomic E-state index is -0.514. The molecule has 3 rings (SSSR count). The van der Waals surface area contributed by atoms with Crippen LogP contribution in [0.3, 0.4) is 0 Å². The van der Waals surface area contributed by atoms with Gasteiger partial charge >= 0.3 is 5.69 Å². The van der Waals surface area contributed by atoms with Crippen molar-refractivity contribution in [1.82, 2.24) is 25.1 Å².